The highest BCUT2D eigenvalue weighted by Gasteiger charge is 2.26. The number of halogens is 1. The number of aromatic nitrogens is 2. The Morgan fingerprint density at radius 1 is 1.41 bits per heavy atom. The molecule has 22 heavy (non-hydrogen) atoms. The van der Waals surface area contributed by atoms with E-state index >= 15 is 0 Å². The molecule has 1 aromatic rings. The van der Waals surface area contributed by atoms with Gasteiger partial charge in [0.1, 0.15) is 6.10 Å². The summed E-state index contributed by atoms with van der Waals surface area (Å²) in [6.45, 7) is 6.52. The average Bonchev–Trinajstić information content (AvgIpc) is 2.93. The number of nitrogens with zero attached hydrogens (tertiary/aromatic N) is 2. The monoisotopic (exact) mass is 331 g/mol. The Morgan fingerprint density at radius 2 is 2.18 bits per heavy atom. The first kappa shape index (κ1) is 19.4. The van der Waals surface area contributed by atoms with E-state index in [9.17, 15) is 0 Å². The third kappa shape index (κ3) is 5.52. The van der Waals surface area contributed by atoms with Crippen molar-refractivity contribution in [3.8, 4) is 0 Å². The van der Waals surface area contributed by atoms with E-state index in [0.29, 0.717) is 18.0 Å². The van der Waals surface area contributed by atoms with Crippen molar-refractivity contribution in [3.05, 3.63) is 11.7 Å². The molecule has 0 bridgehead atoms. The van der Waals surface area contributed by atoms with Gasteiger partial charge in [0.2, 0.25) is 0 Å². The van der Waals surface area contributed by atoms with Crippen molar-refractivity contribution in [2.45, 2.75) is 77.5 Å². The first-order valence-electron chi connectivity index (χ1n) is 8.27. The summed E-state index contributed by atoms with van der Waals surface area (Å²) in [5.41, 5.74) is 0. The van der Waals surface area contributed by atoms with Crippen LogP contribution in [0.5, 0.6) is 0 Å². The first-order valence-corrected chi connectivity index (χ1v) is 8.27. The summed E-state index contributed by atoms with van der Waals surface area (Å²) >= 11 is 0. The lowest BCUT2D eigenvalue weighted by Gasteiger charge is -2.29. The highest BCUT2D eigenvalue weighted by atomic mass is 35.5. The lowest BCUT2D eigenvalue weighted by Crippen LogP contribution is -2.24. The normalized spacial score (nSPS) is 24.5. The van der Waals surface area contributed by atoms with E-state index in [-0.39, 0.29) is 18.5 Å². The number of ether oxygens (including phenoxy) is 1. The van der Waals surface area contributed by atoms with Crippen LogP contribution in [0.3, 0.4) is 0 Å². The smallest absolute Gasteiger partial charge is 0.255 e. The second-order valence-corrected chi connectivity index (χ2v) is 6.37. The van der Waals surface area contributed by atoms with Gasteiger partial charge in [0, 0.05) is 12.5 Å². The van der Waals surface area contributed by atoms with Gasteiger partial charge >= 0.3 is 0 Å². The summed E-state index contributed by atoms with van der Waals surface area (Å²) in [6, 6.07) is 0.343. The van der Waals surface area contributed by atoms with Crippen LogP contribution < -0.4 is 5.32 Å². The number of hydrogen-bond acceptors (Lipinski definition) is 5. The average molecular weight is 332 g/mol. The Morgan fingerprint density at radius 3 is 2.82 bits per heavy atom. The Bertz CT molecular complexity index is 427. The van der Waals surface area contributed by atoms with Crippen LogP contribution in [0.4, 0.5) is 0 Å². The van der Waals surface area contributed by atoms with E-state index < -0.39 is 0 Å². The van der Waals surface area contributed by atoms with Gasteiger partial charge in [-0.2, -0.15) is 4.98 Å². The van der Waals surface area contributed by atoms with Gasteiger partial charge in [0.25, 0.3) is 5.89 Å². The van der Waals surface area contributed by atoms with E-state index in [1.165, 1.54) is 12.8 Å². The summed E-state index contributed by atoms with van der Waals surface area (Å²) in [7, 11) is 1.94. The molecule has 128 valence electrons. The number of rotatable bonds is 7. The molecule has 0 aromatic carbocycles. The van der Waals surface area contributed by atoms with Crippen LogP contribution in [0.25, 0.3) is 0 Å². The van der Waals surface area contributed by atoms with E-state index in [2.05, 4.69) is 36.2 Å². The van der Waals surface area contributed by atoms with Crippen molar-refractivity contribution in [1.82, 2.24) is 15.5 Å². The third-order valence-electron chi connectivity index (χ3n) is 4.36. The molecule has 1 fully saturated rings. The largest absolute Gasteiger partial charge is 0.365 e. The molecule has 6 heteroatoms. The number of nitrogens with one attached hydrogen (secondary N) is 1. The van der Waals surface area contributed by atoms with Crippen LogP contribution >= 0.6 is 12.4 Å². The molecule has 4 atom stereocenters. The molecular weight excluding hydrogens is 302 g/mol. The van der Waals surface area contributed by atoms with Gasteiger partial charge < -0.3 is 14.6 Å². The summed E-state index contributed by atoms with van der Waals surface area (Å²) < 4.78 is 11.6. The molecule has 0 radical (unpaired) electrons. The molecule has 1 aliphatic rings. The highest BCUT2D eigenvalue weighted by molar-refractivity contribution is 5.85. The second-order valence-electron chi connectivity index (χ2n) is 6.37. The summed E-state index contributed by atoms with van der Waals surface area (Å²) in [5.74, 6) is 2.15. The maximum Gasteiger partial charge on any atom is 0.255 e. The molecule has 4 unspecified atom stereocenters. The zero-order chi connectivity index (χ0) is 15.2. The molecule has 1 heterocycles. The summed E-state index contributed by atoms with van der Waals surface area (Å²) in [4.78, 5) is 4.51. The standard InChI is InChI=1S/C16H29N3O2.ClH/c1-5-14(20-13-8-6-7-11(2)9-13)16-18-15(19-21-16)10-12(3)17-4;/h11-14,17H,5-10H2,1-4H3;1H. The quantitative estimate of drug-likeness (QED) is 0.825. The highest BCUT2D eigenvalue weighted by Crippen LogP contribution is 2.30. The molecule has 0 amide bonds. The Labute approximate surface area is 140 Å². The molecule has 1 saturated carbocycles. The van der Waals surface area contributed by atoms with Crippen molar-refractivity contribution in [2.24, 2.45) is 5.92 Å². The number of hydrogen-bond donors (Lipinski definition) is 1. The van der Waals surface area contributed by atoms with Crippen molar-refractivity contribution in [1.29, 1.82) is 0 Å². The topological polar surface area (TPSA) is 60.2 Å². The Balaban J connectivity index is 0.00000242. The Hall–Kier alpha value is -0.650. The van der Waals surface area contributed by atoms with E-state index in [1.807, 2.05) is 7.05 Å². The van der Waals surface area contributed by atoms with Crippen LogP contribution in [0.1, 0.15) is 70.7 Å². The molecule has 2 rings (SSSR count). The molecular formula is C16H30ClN3O2. The summed E-state index contributed by atoms with van der Waals surface area (Å²) in [5, 5.41) is 7.26. The maximum atomic E-state index is 6.23. The minimum absolute atomic E-state index is 0. The Kier molecular flexibility index (Phi) is 8.36. The van der Waals surface area contributed by atoms with Crippen molar-refractivity contribution < 1.29 is 9.26 Å². The van der Waals surface area contributed by atoms with Crippen molar-refractivity contribution in [2.75, 3.05) is 7.05 Å². The first-order chi connectivity index (χ1) is 10.1. The van der Waals surface area contributed by atoms with Gasteiger partial charge in [-0.3, -0.25) is 0 Å². The van der Waals surface area contributed by atoms with Crippen molar-refractivity contribution in [3.63, 3.8) is 0 Å². The lowest BCUT2D eigenvalue weighted by atomic mass is 9.88. The fraction of sp³-hybridized carbons (Fsp3) is 0.875. The molecule has 5 nitrogen and oxygen atoms in total. The maximum absolute atomic E-state index is 6.23. The van der Waals surface area contributed by atoms with Crippen molar-refractivity contribution >= 4 is 12.4 Å². The molecule has 1 aliphatic carbocycles. The molecule has 1 N–H and O–H groups in total. The van der Waals surface area contributed by atoms with Crippen LogP contribution in [-0.2, 0) is 11.2 Å². The predicted molar refractivity (Wildman–Crippen MR) is 89.3 cm³/mol. The van der Waals surface area contributed by atoms with Gasteiger partial charge in [-0.15, -0.1) is 12.4 Å². The predicted octanol–water partition coefficient (Wildman–Crippen LogP) is 3.69. The summed E-state index contributed by atoms with van der Waals surface area (Å²) in [6.07, 6.45) is 6.80. The second kappa shape index (κ2) is 9.48. The van der Waals surface area contributed by atoms with E-state index in [4.69, 9.17) is 9.26 Å². The lowest BCUT2D eigenvalue weighted by molar-refractivity contribution is -0.0547. The van der Waals surface area contributed by atoms with Gasteiger partial charge in [-0.1, -0.05) is 31.8 Å². The molecule has 0 spiro atoms. The van der Waals surface area contributed by atoms with Crippen LogP contribution in [0.15, 0.2) is 4.52 Å². The zero-order valence-corrected chi connectivity index (χ0v) is 15.0. The van der Waals surface area contributed by atoms with Gasteiger partial charge in [-0.25, -0.2) is 0 Å². The molecule has 0 aliphatic heterocycles. The SMILES string of the molecule is CCC(OC1CCCC(C)C1)c1nc(CC(C)NC)no1.Cl. The van der Waals surface area contributed by atoms with E-state index in [0.717, 1.165) is 37.4 Å². The minimum Gasteiger partial charge on any atom is -0.365 e. The molecule has 1 aromatic heterocycles. The van der Waals surface area contributed by atoms with Crippen LogP contribution in [0.2, 0.25) is 0 Å². The fourth-order valence-electron chi connectivity index (χ4n) is 2.92. The molecule has 0 saturated heterocycles. The van der Waals surface area contributed by atoms with Crippen LogP contribution in [-0.4, -0.2) is 29.3 Å². The minimum atomic E-state index is -0.0635. The van der Waals surface area contributed by atoms with Gasteiger partial charge in [0.05, 0.1) is 6.10 Å². The van der Waals surface area contributed by atoms with E-state index in [1.54, 1.807) is 0 Å². The van der Waals surface area contributed by atoms with Crippen LogP contribution in [0, 0.1) is 5.92 Å². The van der Waals surface area contributed by atoms with Gasteiger partial charge in [-0.05, 0) is 39.2 Å². The van der Waals surface area contributed by atoms with Gasteiger partial charge in [0.15, 0.2) is 5.82 Å². The zero-order valence-electron chi connectivity index (χ0n) is 14.2. The fourth-order valence-corrected chi connectivity index (χ4v) is 2.92. The number of likely N-dealkylation sites (N-methyl/N-ethyl adjacent to an activating group) is 1. The third-order valence-corrected chi connectivity index (χ3v) is 4.36.